The van der Waals surface area contributed by atoms with Gasteiger partial charge >= 0.3 is 5.69 Å². The first-order valence-corrected chi connectivity index (χ1v) is 8.26. The zero-order chi connectivity index (χ0) is 19.7. The molecule has 0 aliphatic rings. The highest BCUT2D eigenvalue weighted by Crippen LogP contribution is 2.22. The topological polar surface area (TPSA) is 93.6 Å². The van der Waals surface area contributed by atoms with Gasteiger partial charge in [-0.1, -0.05) is 23.2 Å². The van der Waals surface area contributed by atoms with Gasteiger partial charge in [0.2, 0.25) is 0 Å². The minimum Gasteiger partial charge on any atom is -0.283 e. The Morgan fingerprint density at radius 1 is 1.22 bits per heavy atom. The van der Waals surface area contributed by atoms with Gasteiger partial charge in [-0.2, -0.15) is 5.26 Å². The average Bonchev–Trinajstić information content (AvgIpc) is 2.62. The third-order valence-electron chi connectivity index (χ3n) is 3.85. The van der Waals surface area contributed by atoms with E-state index in [1.165, 1.54) is 31.5 Å². The van der Waals surface area contributed by atoms with Crippen LogP contribution in [0.1, 0.15) is 5.69 Å². The van der Waals surface area contributed by atoms with Crippen molar-refractivity contribution >= 4 is 23.2 Å². The Morgan fingerprint density at radius 2 is 1.96 bits per heavy atom. The van der Waals surface area contributed by atoms with Crippen molar-refractivity contribution in [3.8, 4) is 23.0 Å². The molecule has 0 saturated heterocycles. The molecule has 0 radical (unpaired) electrons. The summed E-state index contributed by atoms with van der Waals surface area (Å²) in [7, 11) is 0. The normalized spacial score (nSPS) is 10.6. The number of aromatic nitrogens is 4. The zero-order valence-corrected chi connectivity index (χ0v) is 15.3. The fraction of sp³-hybridized carbons (Fsp3) is 0.118. The van der Waals surface area contributed by atoms with Crippen LogP contribution in [0.2, 0.25) is 10.0 Å². The van der Waals surface area contributed by atoms with Crippen LogP contribution in [0.5, 0.6) is 0 Å². The molecule has 3 rings (SSSR count). The van der Waals surface area contributed by atoms with Crippen molar-refractivity contribution in [1.82, 2.24) is 19.1 Å². The lowest BCUT2D eigenvalue weighted by Gasteiger charge is -2.15. The van der Waals surface area contributed by atoms with Crippen LogP contribution in [0, 0.1) is 24.1 Å². The molecule has 0 bridgehead atoms. The number of nitriles is 1. The van der Waals surface area contributed by atoms with Gasteiger partial charge in [0.25, 0.3) is 5.56 Å². The van der Waals surface area contributed by atoms with Gasteiger partial charge in [0.1, 0.15) is 6.54 Å². The van der Waals surface area contributed by atoms with Crippen molar-refractivity contribution in [3.05, 3.63) is 73.1 Å². The first-order chi connectivity index (χ1) is 12.8. The third kappa shape index (κ3) is 3.35. The minimum absolute atomic E-state index is 0.00623. The van der Waals surface area contributed by atoms with Crippen LogP contribution in [-0.4, -0.2) is 19.1 Å². The van der Waals surface area contributed by atoms with Crippen molar-refractivity contribution in [2.24, 2.45) is 0 Å². The summed E-state index contributed by atoms with van der Waals surface area (Å²) in [6, 6.07) is 4.44. The second-order valence-electron chi connectivity index (χ2n) is 5.47. The van der Waals surface area contributed by atoms with Gasteiger partial charge in [-0.3, -0.25) is 19.3 Å². The van der Waals surface area contributed by atoms with Crippen LogP contribution >= 0.6 is 23.2 Å². The van der Waals surface area contributed by atoms with E-state index in [4.69, 9.17) is 28.5 Å². The Labute approximate surface area is 161 Å². The van der Waals surface area contributed by atoms with Crippen LogP contribution in [0.4, 0.5) is 4.39 Å². The van der Waals surface area contributed by atoms with Gasteiger partial charge < -0.3 is 0 Å². The average molecular weight is 406 g/mol. The monoisotopic (exact) mass is 405 g/mol. The maximum Gasteiger partial charge on any atom is 0.336 e. The molecule has 0 aromatic carbocycles. The van der Waals surface area contributed by atoms with E-state index >= 15 is 0 Å². The summed E-state index contributed by atoms with van der Waals surface area (Å²) in [5.41, 5.74) is -1.05. The molecule has 0 aliphatic carbocycles. The molecular weight excluding hydrogens is 396 g/mol. The number of rotatable bonds is 3. The van der Waals surface area contributed by atoms with Crippen LogP contribution in [0.15, 0.2) is 40.3 Å². The first kappa shape index (κ1) is 18.8. The molecule has 10 heteroatoms. The summed E-state index contributed by atoms with van der Waals surface area (Å²) in [5.74, 6) is -0.747. The Morgan fingerprint density at radius 3 is 2.59 bits per heavy atom. The molecule has 3 aromatic heterocycles. The van der Waals surface area contributed by atoms with E-state index in [1.54, 1.807) is 0 Å². The standard InChI is InChI=1S/C17H10Cl2FN5O2/c1-9-15(14-5-12(19)13(20)8-23-14)16(26)25(17(27)24(9)3-2-21)11-4-10(18)6-22-7-11/h4-8H,3H2,1H3. The Bertz CT molecular complexity index is 1210. The molecule has 0 aliphatic heterocycles. The van der Waals surface area contributed by atoms with Crippen molar-refractivity contribution in [1.29, 1.82) is 5.26 Å². The van der Waals surface area contributed by atoms with Crippen LogP contribution in [0.3, 0.4) is 0 Å². The Hall–Kier alpha value is -3.02. The van der Waals surface area contributed by atoms with Gasteiger partial charge in [0.05, 0.1) is 45.5 Å². The highest BCUT2D eigenvalue weighted by molar-refractivity contribution is 6.31. The van der Waals surface area contributed by atoms with E-state index in [2.05, 4.69) is 9.97 Å². The number of nitrogens with zero attached hydrogens (tertiary/aromatic N) is 5. The van der Waals surface area contributed by atoms with Gasteiger partial charge in [-0.25, -0.2) is 13.8 Å². The molecule has 27 heavy (non-hydrogen) atoms. The molecule has 0 amide bonds. The first-order valence-electron chi connectivity index (χ1n) is 7.51. The second kappa shape index (κ2) is 7.31. The highest BCUT2D eigenvalue weighted by atomic mass is 35.5. The fourth-order valence-corrected chi connectivity index (χ4v) is 2.93. The molecule has 0 fully saturated rings. The molecule has 136 valence electrons. The van der Waals surface area contributed by atoms with Gasteiger partial charge in [0.15, 0.2) is 5.82 Å². The molecule has 3 heterocycles. The Kier molecular flexibility index (Phi) is 5.08. The van der Waals surface area contributed by atoms with Crippen molar-refractivity contribution < 1.29 is 4.39 Å². The zero-order valence-electron chi connectivity index (χ0n) is 13.8. The molecular formula is C17H10Cl2FN5O2. The van der Waals surface area contributed by atoms with Gasteiger partial charge in [-0.05, 0) is 19.1 Å². The molecule has 0 N–H and O–H groups in total. The van der Waals surface area contributed by atoms with Crippen LogP contribution in [0.25, 0.3) is 16.9 Å². The predicted molar refractivity (Wildman–Crippen MR) is 97.7 cm³/mol. The van der Waals surface area contributed by atoms with E-state index in [0.29, 0.717) is 0 Å². The summed E-state index contributed by atoms with van der Waals surface area (Å²) >= 11 is 11.7. The summed E-state index contributed by atoms with van der Waals surface area (Å²) in [6.07, 6.45) is 3.51. The fourth-order valence-electron chi connectivity index (χ4n) is 2.61. The molecule has 0 spiro atoms. The van der Waals surface area contributed by atoms with E-state index < -0.39 is 17.1 Å². The van der Waals surface area contributed by atoms with E-state index in [9.17, 15) is 14.0 Å². The predicted octanol–water partition coefficient (Wildman–Crippen LogP) is 2.73. The van der Waals surface area contributed by atoms with Crippen LogP contribution in [-0.2, 0) is 6.54 Å². The number of pyridine rings is 2. The van der Waals surface area contributed by atoms with E-state index in [1.807, 2.05) is 6.07 Å². The lowest BCUT2D eigenvalue weighted by molar-refractivity contribution is 0.622. The molecule has 7 nitrogen and oxygen atoms in total. The third-order valence-corrected chi connectivity index (χ3v) is 4.34. The van der Waals surface area contributed by atoms with Crippen molar-refractivity contribution in [3.63, 3.8) is 0 Å². The van der Waals surface area contributed by atoms with Gasteiger partial charge in [-0.15, -0.1) is 0 Å². The number of halogens is 3. The maximum atomic E-state index is 13.5. The maximum absolute atomic E-state index is 13.5. The van der Waals surface area contributed by atoms with Crippen molar-refractivity contribution in [2.75, 3.05) is 0 Å². The van der Waals surface area contributed by atoms with Crippen LogP contribution < -0.4 is 11.2 Å². The lowest BCUT2D eigenvalue weighted by Crippen LogP contribution is -2.41. The van der Waals surface area contributed by atoms with E-state index in [-0.39, 0.29) is 39.2 Å². The highest BCUT2D eigenvalue weighted by Gasteiger charge is 2.20. The number of hydrogen-bond donors (Lipinski definition) is 0. The molecule has 0 unspecified atom stereocenters. The van der Waals surface area contributed by atoms with Gasteiger partial charge in [0, 0.05) is 11.9 Å². The summed E-state index contributed by atoms with van der Waals surface area (Å²) in [4.78, 5) is 33.7. The lowest BCUT2D eigenvalue weighted by atomic mass is 10.1. The largest absolute Gasteiger partial charge is 0.336 e. The summed E-state index contributed by atoms with van der Waals surface area (Å²) in [5, 5.41) is 9.06. The molecule has 0 saturated carbocycles. The quantitative estimate of drug-likeness (QED) is 0.667. The number of hydrogen-bond acceptors (Lipinski definition) is 5. The smallest absolute Gasteiger partial charge is 0.283 e. The van der Waals surface area contributed by atoms with Crippen molar-refractivity contribution in [2.45, 2.75) is 13.5 Å². The molecule has 3 aromatic rings. The summed E-state index contributed by atoms with van der Waals surface area (Å²) < 4.78 is 15.4. The summed E-state index contributed by atoms with van der Waals surface area (Å²) in [6.45, 7) is 1.19. The van der Waals surface area contributed by atoms with E-state index in [0.717, 1.165) is 15.3 Å². The SMILES string of the molecule is Cc1c(-c2cc(Cl)c(F)cn2)c(=O)n(-c2cncc(Cl)c2)c(=O)n1CC#N. The minimum atomic E-state index is -0.747. The molecule has 0 atom stereocenters. The Balaban J connectivity index is 2.44. The second-order valence-corrected chi connectivity index (χ2v) is 6.32.